The fourth-order valence-corrected chi connectivity index (χ4v) is 3.61. The van der Waals surface area contributed by atoms with Crippen LogP contribution >= 0.6 is 0 Å². The lowest BCUT2D eigenvalue weighted by atomic mass is 10.0. The van der Waals surface area contributed by atoms with Crippen molar-refractivity contribution < 1.29 is 37.0 Å². The van der Waals surface area contributed by atoms with E-state index in [1.807, 2.05) is 0 Å². The molecule has 0 radical (unpaired) electrons. The van der Waals surface area contributed by atoms with E-state index < -0.39 is 42.2 Å². The molecule has 0 bridgehead atoms. The summed E-state index contributed by atoms with van der Waals surface area (Å²) in [4.78, 5) is 25.3. The average molecular weight is 412 g/mol. The number of amides is 2. The van der Waals surface area contributed by atoms with Gasteiger partial charge in [0.2, 0.25) is 5.89 Å². The van der Waals surface area contributed by atoms with Gasteiger partial charge < -0.3 is 24.5 Å². The van der Waals surface area contributed by atoms with Gasteiger partial charge in [-0.25, -0.2) is 9.18 Å². The van der Waals surface area contributed by atoms with Gasteiger partial charge in [-0.1, -0.05) is 0 Å². The van der Waals surface area contributed by atoms with Gasteiger partial charge in [0.05, 0.1) is 25.2 Å². The number of carboxylic acid groups (broad SMARTS) is 1. The second kappa shape index (κ2) is 7.35. The van der Waals surface area contributed by atoms with Crippen LogP contribution in [0.1, 0.15) is 34.7 Å². The molecule has 29 heavy (non-hydrogen) atoms. The summed E-state index contributed by atoms with van der Waals surface area (Å²) in [7, 11) is 0. The molecule has 2 aliphatic rings. The maximum atomic E-state index is 14.7. The minimum atomic E-state index is -2.97. The Hall–Kier alpha value is -3.15. The van der Waals surface area contributed by atoms with Crippen molar-refractivity contribution in [1.82, 2.24) is 20.4 Å². The number of hydrogen-bond donors (Lipinski definition) is 2. The largest absolute Gasteiger partial charge is 0.465 e. The molecule has 1 saturated heterocycles. The summed E-state index contributed by atoms with van der Waals surface area (Å²) in [6.45, 7) is 0.368. The van der Waals surface area contributed by atoms with Gasteiger partial charge in [0.15, 0.2) is 0 Å². The number of benzene rings is 1. The van der Waals surface area contributed by atoms with Crippen LogP contribution in [0, 0.1) is 5.82 Å². The Kier molecular flexibility index (Phi) is 4.86. The fourth-order valence-electron chi connectivity index (χ4n) is 3.61. The summed E-state index contributed by atoms with van der Waals surface area (Å²) in [5.74, 6) is -2.46. The van der Waals surface area contributed by atoms with Gasteiger partial charge >= 0.3 is 12.5 Å². The molecule has 0 saturated carbocycles. The lowest BCUT2D eigenvalue weighted by Crippen LogP contribution is -2.56. The van der Waals surface area contributed by atoms with Crippen molar-refractivity contribution in [3.05, 3.63) is 35.0 Å². The van der Waals surface area contributed by atoms with Gasteiger partial charge in [-0.2, -0.15) is 8.78 Å². The van der Waals surface area contributed by atoms with Crippen molar-refractivity contribution in [2.24, 2.45) is 0 Å². The first-order valence-electron chi connectivity index (χ1n) is 8.67. The van der Waals surface area contributed by atoms with Crippen molar-refractivity contribution in [2.45, 2.75) is 31.5 Å². The summed E-state index contributed by atoms with van der Waals surface area (Å²) in [6.07, 6.45) is -3.85. The summed E-state index contributed by atoms with van der Waals surface area (Å²) in [5, 5.41) is 18.0. The highest BCUT2D eigenvalue weighted by Crippen LogP contribution is 2.34. The third kappa shape index (κ3) is 3.50. The van der Waals surface area contributed by atoms with Crippen molar-refractivity contribution in [1.29, 1.82) is 0 Å². The Morgan fingerprint density at radius 2 is 2.14 bits per heavy atom. The Bertz CT molecular complexity index is 967. The van der Waals surface area contributed by atoms with Gasteiger partial charge in [-0.15, -0.1) is 10.2 Å². The van der Waals surface area contributed by atoms with E-state index in [9.17, 15) is 22.8 Å². The van der Waals surface area contributed by atoms with E-state index in [2.05, 4.69) is 15.5 Å². The van der Waals surface area contributed by atoms with Gasteiger partial charge in [-0.3, -0.25) is 4.79 Å². The number of hydrogen-bond acceptors (Lipinski definition) is 6. The Balaban J connectivity index is 1.64. The summed E-state index contributed by atoms with van der Waals surface area (Å²) < 4.78 is 50.1. The predicted octanol–water partition coefficient (Wildman–Crippen LogP) is 2.19. The van der Waals surface area contributed by atoms with Crippen molar-refractivity contribution in [3.63, 3.8) is 0 Å². The third-order valence-corrected chi connectivity index (χ3v) is 4.92. The monoisotopic (exact) mass is 412 g/mol. The lowest BCUT2D eigenvalue weighted by molar-refractivity contribution is 0.00897. The van der Waals surface area contributed by atoms with Crippen LogP contribution in [0.25, 0.3) is 11.5 Å². The number of ether oxygens (including phenoxy) is 1. The van der Waals surface area contributed by atoms with Crippen LogP contribution in [0.15, 0.2) is 16.5 Å². The maximum Gasteiger partial charge on any atom is 0.405 e. The molecule has 4 rings (SSSR count). The minimum Gasteiger partial charge on any atom is -0.465 e. The predicted molar refractivity (Wildman–Crippen MR) is 88.7 cm³/mol. The molecule has 2 N–H and O–H groups in total. The Labute approximate surface area is 161 Å². The van der Waals surface area contributed by atoms with Crippen molar-refractivity contribution in [3.8, 4) is 11.5 Å². The second-order valence-electron chi connectivity index (χ2n) is 6.65. The number of aromatic nitrogens is 2. The molecular formula is C17H15F3N4O5. The molecule has 0 unspecified atom stereocenters. The van der Waals surface area contributed by atoms with E-state index in [0.717, 1.165) is 6.07 Å². The Morgan fingerprint density at radius 3 is 2.83 bits per heavy atom. The van der Waals surface area contributed by atoms with E-state index in [1.54, 1.807) is 0 Å². The van der Waals surface area contributed by atoms with Crippen molar-refractivity contribution >= 4 is 12.0 Å². The molecule has 2 aromatic rings. The zero-order chi connectivity index (χ0) is 20.7. The first-order chi connectivity index (χ1) is 13.8. The summed E-state index contributed by atoms with van der Waals surface area (Å²) in [6, 6.07) is 1.17. The zero-order valence-corrected chi connectivity index (χ0v) is 14.8. The first-order valence-corrected chi connectivity index (χ1v) is 8.67. The summed E-state index contributed by atoms with van der Waals surface area (Å²) in [5.41, 5.74) is 0.174. The number of rotatable bonds is 4. The number of carbonyl (C=O) groups excluding carboxylic acids is 1. The lowest BCUT2D eigenvalue weighted by Gasteiger charge is -2.37. The number of fused-ring (bicyclic) bond motifs is 1. The van der Waals surface area contributed by atoms with E-state index in [4.69, 9.17) is 14.3 Å². The van der Waals surface area contributed by atoms with Gasteiger partial charge in [0, 0.05) is 23.3 Å². The van der Waals surface area contributed by atoms with Crippen LogP contribution in [0.3, 0.4) is 0 Å². The highest BCUT2D eigenvalue weighted by molar-refractivity contribution is 5.99. The van der Waals surface area contributed by atoms with Crippen LogP contribution in [-0.2, 0) is 11.3 Å². The van der Waals surface area contributed by atoms with E-state index in [0.29, 0.717) is 13.0 Å². The fraction of sp³-hybridized carbons (Fsp3) is 0.412. The SMILES string of the molecule is O=C(O)N[C@H]1COCC[C@H]1N1Cc2c(F)cc(-c3nnc(C(F)F)o3)cc2C1=O. The van der Waals surface area contributed by atoms with Gasteiger partial charge in [-0.05, 0) is 18.6 Å². The van der Waals surface area contributed by atoms with Crippen molar-refractivity contribution in [2.75, 3.05) is 13.2 Å². The molecule has 154 valence electrons. The number of nitrogens with one attached hydrogen (secondary N) is 1. The van der Waals surface area contributed by atoms with Crippen LogP contribution in [0.4, 0.5) is 18.0 Å². The minimum absolute atomic E-state index is 0.00281. The standard InChI is InChI=1S/C17H15F3N4O5/c18-10-4-7(14-22-23-15(29-14)13(19)20)3-8-9(10)5-24(16(8)25)12-1-2-28-6-11(12)21-17(26)27/h3-4,11-13,21H,1-2,5-6H2,(H,26,27)/t11-,12+/m0/s1. The first kappa shape index (κ1) is 19.2. The molecule has 1 fully saturated rings. The molecule has 2 aliphatic heterocycles. The average Bonchev–Trinajstić information content (AvgIpc) is 3.28. The van der Waals surface area contributed by atoms with Gasteiger partial charge in [0.25, 0.3) is 11.8 Å². The van der Waals surface area contributed by atoms with Crippen LogP contribution in [-0.4, -0.2) is 57.5 Å². The molecule has 0 aliphatic carbocycles. The van der Waals surface area contributed by atoms with E-state index in [1.165, 1.54) is 11.0 Å². The van der Waals surface area contributed by atoms with Crippen LogP contribution in [0.2, 0.25) is 0 Å². The molecule has 2 amide bonds. The van der Waals surface area contributed by atoms with Gasteiger partial charge in [0.1, 0.15) is 5.82 Å². The molecule has 2 atom stereocenters. The molecule has 1 aromatic carbocycles. The molecule has 1 aromatic heterocycles. The number of alkyl halides is 2. The summed E-state index contributed by atoms with van der Waals surface area (Å²) >= 11 is 0. The molecule has 9 nitrogen and oxygen atoms in total. The number of nitrogens with zero attached hydrogens (tertiary/aromatic N) is 3. The molecule has 3 heterocycles. The number of halogens is 3. The molecular weight excluding hydrogens is 397 g/mol. The topological polar surface area (TPSA) is 118 Å². The highest BCUT2D eigenvalue weighted by atomic mass is 19.3. The number of carbonyl (C=O) groups is 2. The van der Waals surface area contributed by atoms with Crippen LogP contribution in [0.5, 0.6) is 0 Å². The van der Waals surface area contributed by atoms with E-state index >= 15 is 0 Å². The Morgan fingerprint density at radius 1 is 1.34 bits per heavy atom. The maximum absolute atomic E-state index is 14.7. The normalized spacial score (nSPS) is 21.5. The highest BCUT2D eigenvalue weighted by Gasteiger charge is 2.40. The molecule has 0 spiro atoms. The quantitative estimate of drug-likeness (QED) is 0.790. The van der Waals surface area contributed by atoms with E-state index in [-0.39, 0.29) is 35.7 Å². The smallest absolute Gasteiger partial charge is 0.405 e. The van der Waals surface area contributed by atoms with Crippen LogP contribution < -0.4 is 5.32 Å². The molecule has 12 heteroatoms. The second-order valence-corrected chi connectivity index (χ2v) is 6.65. The third-order valence-electron chi connectivity index (χ3n) is 4.92. The zero-order valence-electron chi connectivity index (χ0n) is 14.8.